The Labute approximate surface area is 162 Å². The van der Waals surface area contributed by atoms with Crippen LogP contribution in [-0.4, -0.2) is 18.5 Å². The van der Waals surface area contributed by atoms with Crippen molar-refractivity contribution < 1.29 is 22.7 Å². The fourth-order valence-corrected chi connectivity index (χ4v) is 2.61. The molecule has 4 nitrogen and oxygen atoms in total. The smallest absolute Gasteiger partial charge is 0.416 e. The molecule has 0 radical (unpaired) electrons. The molecular weight excluding hydrogens is 369 g/mol. The van der Waals surface area contributed by atoms with Crippen LogP contribution in [0.4, 0.5) is 13.2 Å². The van der Waals surface area contributed by atoms with E-state index in [9.17, 15) is 18.0 Å². The number of carbonyl (C=O) groups is 1. The zero-order chi connectivity index (χ0) is 20.6. The van der Waals surface area contributed by atoms with E-state index in [-0.39, 0.29) is 12.5 Å². The molecule has 0 saturated carbocycles. The number of carbonyl (C=O) groups excluding carboxylic acids is 1. The summed E-state index contributed by atoms with van der Waals surface area (Å²) in [5.74, 6) is 0.482. The maximum absolute atomic E-state index is 12.6. The summed E-state index contributed by atoms with van der Waals surface area (Å²) in [6, 6.07) is 11.8. The minimum absolute atomic E-state index is 0.140. The lowest BCUT2D eigenvalue weighted by Crippen LogP contribution is -2.41. The molecule has 0 aliphatic rings. The monoisotopic (exact) mass is 394 g/mol. The summed E-state index contributed by atoms with van der Waals surface area (Å²) in [6.45, 7) is 2.67. The fraction of sp³-hybridized carbons (Fsp3) is 0.381. The molecule has 3 N–H and O–H groups in total. The highest BCUT2D eigenvalue weighted by Gasteiger charge is 2.29. The third kappa shape index (κ3) is 6.88. The molecule has 0 spiro atoms. The Balaban J connectivity index is 1.77. The first kappa shape index (κ1) is 21.8. The van der Waals surface area contributed by atoms with E-state index < -0.39 is 17.8 Å². The molecule has 0 aliphatic carbocycles. The first-order valence-corrected chi connectivity index (χ1v) is 9.20. The third-order valence-electron chi connectivity index (χ3n) is 4.26. The van der Waals surface area contributed by atoms with Gasteiger partial charge in [-0.3, -0.25) is 4.79 Å². The van der Waals surface area contributed by atoms with Gasteiger partial charge >= 0.3 is 6.18 Å². The number of halogens is 3. The number of ether oxygens (including phenoxy) is 1. The van der Waals surface area contributed by atoms with E-state index in [1.165, 1.54) is 12.1 Å². The van der Waals surface area contributed by atoms with Gasteiger partial charge < -0.3 is 15.8 Å². The van der Waals surface area contributed by atoms with Crippen LogP contribution in [0.3, 0.4) is 0 Å². The average Bonchev–Trinajstić information content (AvgIpc) is 2.67. The molecule has 0 heterocycles. The van der Waals surface area contributed by atoms with Crippen molar-refractivity contribution in [2.75, 3.05) is 6.54 Å². The second kappa shape index (κ2) is 10.1. The van der Waals surface area contributed by atoms with Crippen LogP contribution >= 0.6 is 0 Å². The number of nitrogens with one attached hydrogen (secondary N) is 1. The first-order valence-electron chi connectivity index (χ1n) is 9.20. The van der Waals surface area contributed by atoms with Crippen molar-refractivity contribution in [1.82, 2.24) is 5.32 Å². The van der Waals surface area contributed by atoms with Crippen molar-refractivity contribution in [2.45, 2.75) is 45.0 Å². The van der Waals surface area contributed by atoms with Crippen molar-refractivity contribution in [3.05, 3.63) is 65.2 Å². The van der Waals surface area contributed by atoms with Crippen molar-refractivity contribution in [3.8, 4) is 5.75 Å². The highest BCUT2D eigenvalue weighted by Crippen LogP contribution is 2.29. The van der Waals surface area contributed by atoms with Gasteiger partial charge in [0.05, 0.1) is 11.6 Å². The van der Waals surface area contributed by atoms with Crippen LogP contribution in [0.2, 0.25) is 0 Å². The Morgan fingerprint density at radius 3 is 2.25 bits per heavy atom. The summed E-state index contributed by atoms with van der Waals surface area (Å²) in [5.41, 5.74) is 6.77. The number of rotatable bonds is 9. The van der Waals surface area contributed by atoms with Gasteiger partial charge in [0.1, 0.15) is 12.4 Å². The lowest BCUT2D eigenvalue weighted by molar-refractivity contribution is -0.137. The minimum atomic E-state index is -4.34. The molecule has 0 fully saturated rings. The minimum Gasteiger partial charge on any atom is -0.489 e. The summed E-state index contributed by atoms with van der Waals surface area (Å²) in [6.07, 6.45) is -2.14. The van der Waals surface area contributed by atoms with Crippen molar-refractivity contribution in [3.63, 3.8) is 0 Å². The molecular formula is C21H25F3N2O2. The Kier molecular flexibility index (Phi) is 7.87. The first-order chi connectivity index (χ1) is 13.3. The number of alkyl halides is 3. The standard InChI is InChI=1S/C21H25F3N2O2/c1-2-3-19(25)20(27)26-13-12-15-6-10-18(11-7-15)28-14-16-4-8-17(9-5-16)21(22,23)24/h4-11,19H,2-3,12-14,25H2,1H3,(H,26,27). The average molecular weight is 394 g/mol. The lowest BCUT2D eigenvalue weighted by Gasteiger charge is -2.11. The van der Waals surface area contributed by atoms with E-state index in [2.05, 4.69) is 5.32 Å². The molecule has 2 aromatic rings. The van der Waals surface area contributed by atoms with Gasteiger partial charge in [-0.05, 0) is 48.2 Å². The van der Waals surface area contributed by atoms with Crippen LogP contribution in [0.25, 0.3) is 0 Å². The van der Waals surface area contributed by atoms with Crippen molar-refractivity contribution in [2.24, 2.45) is 5.73 Å². The van der Waals surface area contributed by atoms with Crippen LogP contribution in [0.5, 0.6) is 5.75 Å². The molecule has 1 amide bonds. The van der Waals surface area contributed by atoms with E-state index in [1.54, 1.807) is 12.1 Å². The summed E-state index contributed by atoms with van der Waals surface area (Å²) in [5, 5.41) is 2.82. The number of hydrogen-bond donors (Lipinski definition) is 2. The third-order valence-corrected chi connectivity index (χ3v) is 4.26. The Morgan fingerprint density at radius 1 is 1.07 bits per heavy atom. The zero-order valence-corrected chi connectivity index (χ0v) is 15.8. The van der Waals surface area contributed by atoms with Crippen LogP contribution in [0, 0.1) is 0 Å². The zero-order valence-electron chi connectivity index (χ0n) is 15.8. The molecule has 0 bridgehead atoms. The van der Waals surface area contributed by atoms with Crippen molar-refractivity contribution >= 4 is 5.91 Å². The summed E-state index contributed by atoms with van der Waals surface area (Å²) in [7, 11) is 0. The van der Waals surface area contributed by atoms with Crippen LogP contribution in [-0.2, 0) is 24.0 Å². The van der Waals surface area contributed by atoms with Gasteiger partial charge in [-0.2, -0.15) is 13.2 Å². The summed E-state index contributed by atoms with van der Waals surface area (Å²) >= 11 is 0. The molecule has 7 heteroatoms. The molecule has 0 aromatic heterocycles. The highest BCUT2D eigenvalue weighted by molar-refractivity contribution is 5.81. The molecule has 0 saturated heterocycles. The Morgan fingerprint density at radius 2 is 1.68 bits per heavy atom. The predicted molar refractivity (Wildman–Crippen MR) is 102 cm³/mol. The largest absolute Gasteiger partial charge is 0.489 e. The second-order valence-electron chi connectivity index (χ2n) is 6.56. The molecule has 1 atom stereocenters. The fourth-order valence-electron chi connectivity index (χ4n) is 2.61. The number of hydrogen-bond acceptors (Lipinski definition) is 3. The van der Waals surface area contributed by atoms with E-state index in [1.807, 2.05) is 19.1 Å². The quantitative estimate of drug-likeness (QED) is 0.674. The van der Waals surface area contributed by atoms with Gasteiger partial charge in [0, 0.05) is 6.54 Å². The maximum atomic E-state index is 12.6. The van der Waals surface area contributed by atoms with Gasteiger partial charge in [0.15, 0.2) is 0 Å². The SMILES string of the molecule is CCCC(N)C(=O)NCCc1ccc(OCc2ccc(C(F)(F)F)cc2)cc1. The molecule has 28 heavy (non-hydrogen) atoms. The van der Waals surface area contributed by atoms with Crippen LogP contribution in [0.15, 0.2) is 48.5 Å². The number of amides is 1. The van der Waals surface area contributed by atoms with Gasteiger partial charge in [-0.1, -0.05) is 37.6 Å². The molecule has 152 valence electrons. The normalized spacial score (nSPS) is 12.5. The molecule has 2 rings (SSSR count). The van der Waals surface area contributed by atoms with Gasteiger partial charge in [-0.25, -0.2) is 0 Å². The Hall–Kier alpha value is -2.54. The van der Waals surface area contributed by atoms with E-state index in [0.717, 1.165) is 24.1 Å². The molecule has 0 aliphatic heterocycles. The summed E-state index contributed by atoms with van der Waals surface area (Å²) in [4.78, 5) is 11.8. The maximum Gasteiger partial charge on any atom is 0.416 e. The van der Waals surface area contributed by atoms with E-state index in [0.29, 0.717) is 30.7 Å². The number of nitrogens with two attached hydrogens (primary N) is 1. The predicted octanol–water partition coefficient (Wildman–Crippen LogP) is 4.07. The van der Waals surface area contributed by atoms with Gasteiger partial charge in [-0.15, -0.1) is 0 Å². The van der Waals surface area contributed by atoms with Crippen molar-refractivity contribution in [1.29, 1.82) is 0 Å². The lowest BCUT2D eigenvalue weighted by atomic mass is 10.1. The van der Waals surface area contributed by atoms with Gasteiger partial charge in [0.2, 0.25) is 5.91 Å². The topological polar surface area (TPSA) is 64.4 Å². The highest BCUT2D eigenvalue weighted by atomic mass is 19.4. The molecule has 1 unspecified atom stereocenters. The number of benzene rings is 2. The molecule has 2 aromatic carbocycles. The summed E-state index contributed by atoms with van der Waals surface area (Å²) < 4.78 is 43.3. The van der Waals surface area contributed by atoms with Crippen LogP contribution in [0.1, 0.15) is 36.5 Å². The van der Waals surface area contributed by atoms with Gasteiger partial charge in [0.25, 0.3) is 0 Å². The second-order valence-corrected chi connectivity index (χ2v) is 6.56. The van der Waals surface area contributed by atoms with Crippen LogP contribution < -0.4 is 15.8 Å². The Bertz CT molecular complexity index is 744. The van der Waals surface area contributed by atoms with E-state index in [4.69, 9.17) is 10.5 Å². The van der Waals surface area contributed by atoms with E-state index >= 15 is 0 Å².